The number of alkyl halides is 2. The van der Waals surface area contributed by atoms with Gasteiger partial charge in [-0.2, -0.15) is 0 Å². The van der Waals surface area contributed by atoms with Crippen molar-refractivity contribution in [2.75, 3.05) is 6.54 Å². The second kappa shape index (κ2) is 6.14. The van der Waals surface area contributed by atoms with Crippen molar-refractivity contribution in [1.82, 2.24) is 4.90 Å². The Hall–Kier alpha value is -1.17. The van der Waals surface area contributed by atoms with E-state index in [-0.39, 0.29) is 19.4 Å². The third-order valence-electron chi connectivity index (χ3n) is 3.47. The predicted molar refractivity (Wildman–Crippen MR) is 84.0 cm³/mol. The number of carbonyl (C=O) groups is 1. The van der Waals surface area contributed by atoms with Crippen LogP contribution in [0.15, 0.2) is 28.7 Å². The standard InChI is InChI=1S/C16H20BrF2NO2/c1-15(2,3)22-14(21)20-9-8-16(18,19)10-13(20)11-4-6-12(17)7-5-11/h4-7,13H,8-10H2,1-3H3. The molecular formula is C16H20BrF2NO2. The van der Waals surface area contributed by atoms with Crippen molar-refractivity contribution < 1.29 is 18.3 Å². The van der Waals surface area contributed by atoms with Crippen molar-refractivity contribution in [2.24, 2.45) is 0 Å². The van der Waals surface area contributed by atoms with E-state index in [4.69, 9.17) is 4.74 Å². The SMILES string of the molecule is CC(C)(C)OC(=O)N1CCC(F)(F)CC1c1ccc(Br)cc1. The zero-order chi connectivity index (χ0) is 16.5. The lowest BCUT2D eigenvalue weighted by atomic mass is 9.93. The number of hydrogen-bond donors (Lipinski definition) is 0. The number of amides is 1. The van der Waals surface area contributed by atoms with Crippen LogP contribution < -0.4 is 0 Å². The van der Waals surface area contributed by atoms with Crippen LogP contribution >= 0.6 is 15.9 Å². The maximum Gasteiger partial charge on any atom is 0.410 e. The number of carbonyl (C=O) groups excluding carboxylic acids is 1. The van der Waals surface area contributed by atoms with E-state index in [2.05, 4.69) is 15.9 Å². The fourth-order valence-corrected chi connectivity index (χ4v) is 2.72. The summed E-state index contributed by atoms with van der Waals surface area (Å²) in [5.41, 5.74) is 0.0369. The van der Waals surface area contributed by atoms with Crippen LogP contribution in [0.3, 0.4) is 0 Å². The van der Waals surface area contributed by atoms with Gasteiger partial charge in [0, 0.05) is 23.9 Å². The van der Waals surface area contributed by atoms with Gasteiger partial charge in [0.2, 0.25) is 0 Å². The molecule has 0 radical (unpaired) electrons. The third kappa shape index (κ3) is 4.41. The molecule has 0 spiro atoms. The molecule has 1 aromatic rings. The highest BCUT2D eigenvalue weighted by atomic mass is 79.9. The molecule has 0 aromatic heterocycles. The van der Waals surface area contributed by atoms with Gasteiger partial charge in [-0.3, -0.25) is 0 Å². The molecule has 2 rings (SSSR count). The highest BCUT2D eigenvalue weighted by Crippen LogP contribution is 2.40. The number of likely N-dealkylation sites (tertiary alicyclic amines) is 1. The largest absolute Gasteiger partial charge is 0.444 e. The molecule has 1 aromatic carbocycles. The third-order valence-corrected chi connectivity index (χ3v) is 4.00. The summed E-state index contributed by atoms with van der Waals surface area (Å²) in [6.45, 7) is 5.27. The molecule has 1 aliphatic rings. The summed E-state index contributed by atoms with van der Waals surface area (Å²) in [5.74, 6) is -2.77. The van der Waals surface area contributed by atoms with Crippen molar-refractivity contribution in [1.29, 1.82) is 0 Å². The van der Waals surface area contributed by atoms with E-state index in [1.807, 2.05) is 0 Å². The minimum Gasteiger partial charge on any atom is -0.444 e. The van der Waals surface area contributed by atoms with Crippen LogP contribution in [0.2, 0.25) is 0 Å². The summed E-state index contributed by atoms with van der Waals surface area (Å²) in [7, 11) is 0. The Morgan fingerprint density at radius 2 is 1.91 bits per heavy atom. The number of hydrogen-bond acceptors (Lipinski definition) is 2. The first-order valence-electron chi connectivity index (χ1n) is 7.20. The van der Waals surface area contributed by atoms with Gasteiger partial charge >= 0.3 is 6.09 Å². The van der Waals surface area contributed by atoms with E-state index < -0.39 is 23.7 Å². The lowest BCUT2D eigenvalue weighted by Crippen LogP contribution is -2.46. The molecule has 1 atom stereocenters. The van der Waals surface area contributed by atoms with Gasteiger partial charge in [0.1, 0.15) is 5.60 Å². The lowest BCUT2D eigenvalue weighted by molar-refractivity contribution is -0.0808. The number of nitrogens with zero attached hydrogens (tertiary/aromatic N) is 1. The fourth-order valence-electron chi connectivity index (χ4n) is 2.46. The normalized spacial score (nSPS) is 21.5. The molecule has 3 nitrogen and oxygen atoms in total. The van der Waals surface area contributed by atoms with E-state index in [1.54, 1.807) is 45.0 Å². The van der Waals surface area contributed by atoms with Crippen molar-refractivity contribution in [3.63, 3.8) is 0 Å². The number of benzene rings is 1. The summed E-state index contributed by atoms with van der Waals surface area (Å²) in [5, 5.41) is 0. The first-order chi connectivity index (χ1) is 10.1. The molecule has 0 N–H and O–H groups in total. The Bertz CT molecular complexity index is 540. The molecule has 1 heterocycles. The number of halogens is 3. The number of ether oxygens (including phenoxy) is 1. The van der Waals surface area contributed by atoms with Gasteiger partial charge in [0.15, 0.2) is 0 Å². The van der Waals surface area contributed by atoms with E-state index in [0.29, 0.717) is 5.56 Å². The van der Waals surface area contributed by atoms with Gasteiger partial charge in [0.25, 0.3) is 5.92 Å². The Morgan fingerprint density at radius 1 is 1.32 bits per heavy atom. The maximum absolute atomic E-state index is 13.8. The maximum atomic E-state index is 13.8. The van der Waals surface area contributed by atoms with Gasteiger partial charge in [-0.1, -0.05) is 28.1 Å². The van der Waals surface area contributed by atoms with Crippen LogP contribution in [0.5, 0.6) is 0 Å². The summed E-state index contributed by atoms with van der Waals surface area (Å²) in [6, 6.07) is 6.41. The molecule has 1 amide bonds. The predicted octanol–water partition coefficient (Wildman–Crippen LogP) is 5.16. The zero-order valence-corrected chi connectivity index (χ0v) is 14.5. The monoisotopic (exact) mass is 375 g/mol. The minimum atomic E-state index is -2.77. The first-order valence-corrected chi connectivity index (χ1v) is 8.00. The molecular weight excluding hydrogens is 356 g/mol. The highest BCUT2D eigenvalue weighted by molar-refractivity contribution is 9.10. The van der Waals surface area contributed by atoms with Crippen LogP contribution in [0.1, 0.15) is 45.2 Å². The Balaban J connectivity index is 2.26. The van der Waals surface area contributed by atoms with Gasteiger partial charge in [-0.05, 0) is 38.5 Å². The Morgan fingerprint density at radius 3 is 2.45 bits per heavy atom. The quantitative estimate of drug-likeness (QED) is 0.678. The highest BCUT2D eigenvalue weighted by Gasteiger charge is 2.43. The average molecular weight is 376 g/mol. The summed E-state index contributed by atoms with van der Waals surface area (Å²) in [4.78, 5) is 13.7. The van der Waals surface area contributed by atoms with Crippen molar-refractivity contribution in [3.8, 4) is 0 Å². The van der Waals surface area contributed by atoms with E-state index in [0.717, 1.165) is 4.47 Å². The van der Waals surface area contributed by atoms with Crippen molar-refractivity contribution >= 4 is 22.0 Å². The van der Waals surface area contributed by atoms with Gasteiger partial charge in [-0.15, -0.1) is 0 Å². The first kappa shape index (κ1) is 17.2. The molecule has 122 valence electrons. The van der Waals surface area contributed by atoms with Crippen molar-refractivity contribution in [3.05, 3.63) is 34.3 Å². The van der Waals surface area contributed by atoms with Gasteiger partial charge in [-0.25, -0.2) is 13.6 Å². The van der Waals surface area contributed by atoms with Gasteiger partial charge < -0.3 is 9.64 Å². The van der Waals surface area contributed by atoms with Crippen LogP contribution in [0, 0.1) is 0 Å². The van der Waals surface area contributed by atoms with Crippen LogP contribution in [0.4, 0.5) is 13.6 Å². The second-order valence-electron chi connectivity index (χ2n) is 6.55. The number of rotatable bonds is 1. The summed E-state index contributed by atoms with van der Waals surface area (Å²) in [6.07, 6.45) is -1.26. The molecule has 22 heavy (non-hydrogen) atoms. The topological polar surface area (TPSA) is 29.5 Å². The molecule has 0 aliphatic carbocycles. The van der Waals surface area contributed by atoms with E-state index in [1.165, 1.54) is 4.90 Å². The zero-order valence-electron chi connectivity index (χ0n) is 12.9. The molecule has 1 fully saturated rings. The van der Waals surface area contributed by atoms with E-state index >= 15 is 0 Å². The van der Waals surface area contributed by atoms with E-state index in [9.17, 15) is 13.6 Å². The number of piperidine rings is 1. The molecule has 1 unspecified atom stereocenters. The summed E-state index contributed by atoms with van der Waals surface area (Å²) >= 11 is 3.32. The fraction of sp³-hybridized carbons (Fsp3) is 0.562. The Kier molecular flexibility index (Phi) is 4.80. The molecule has 0 saturated carbocycles. The molecule has 6 heteroatoms. The van der Waals surface area contributed by atoms with Crippen LogP contribution in [-0.2, 0) is 4.74 Å². The van der Waals surface area contributed by atoms with Gasteiger partial charge in [0.05, 0.1) is 6.04 Å². The lowest BCUT2D eigenvalue weighted by Gasteiger charge is -2.40. The van der Waals surface area contributed by atoms with Crippen LogP contribution in [0.25, 0.3) is 0 Å². The molecule has 1 aliphatic heterocycles. The average Bonchev–Trinajstić information content (AvgIpc) is 2.36. The van der Waals surface area contributed by atoms with Crippen LogP contribution in [-0.4, -0.2) is 29.1 Å². The molecule has 0 bridgehead atoms. The Labute approximate surface area is 137 Å². The molecule has 1 saturated heterocycles. The minimum absolute atomic E-state index is 0.0113. The van der Waals surface area contributed by atoms with Crippen molar-refractivity contribution in [2.45, 2.75) is 51.2 Å². The second-order valence-corrected chi connectivity index (χ2v) is 7.47. The smallest absolute Gasteiger partial charge is 0.410 e. The summed E-state index contributed by atoms with van der Waals surface area (Å²) < 4.78 is 33.8.